The van der Waals surface area contributed by atoms with Gasteiger partial charge in [0.2, 0.25) is 0 Å². The van der Waals surface area contributed by atoms with Crippen molar-refractivity contribution in [2.24, 2.45) is 0 Å². The van der Waals surface area contributed by atoms with Crippen LogP contribution < -0.4 is 10.4 Å². The summed E-state index contributed by atoms with van der Waals surface area (Å²) in [5.41, 5.74) is 1.30. The minimum absolute atomic E-state index is 0.255. The molecule has 5 nitrogen and oxygen atoms in total. The van der Waals surface area contributed by atoms with Crippen LogP contribution in [0, 0.1) is 5.82 Å². The van der Waals surface area contributed by atoms with E-state index in [0.29, 0.717) is 17.0 Å². The summed E-state index contributed by atoms with van der Waals surface area (Å²) >= 11 is 0. The molecule has 2 heterocycles. The summed E-state index contributed by atoms with van der Waals surface area (Å²) in [6.07, 6.45) is 3.22. The quantitative estimate of drug-likeness (QED) is 0.575. The third kappa shape index (κ3) is 3.01. The number of imidazole rings is 1. The number of rotatable bonds is 4. The third-order valence-corrected chi connectivity index (χ3v) is 3.78. The molecule has 0 aliphatic heterocycles. The van der Waals surface area contributed by atoms with Gasteiger partial charge in [0.05, 0.1) is 11.4 Å². The molecule has 0 aliphatic carbocycles. The van der Waals surface area contributed by atoms with E-state index in [1.807, 2.05) is 30.3 Å². The second-order valence-electron chi connectivity index (χ2n) is 5.51. The van der Waals surface area contributed by atoms with Gasteiger partial charge in [0, 0.05) is 12.4 Å². The van der Waals surface area contributed by atoms with Crippen LogP contribution in [-0.4, -0.2) is 14.0 Å². The van der Waals surface area contributed by atoms with Crippen LogP contribution in [-0.2, 0) is 6.61 Å². The van der Waals surface area contributed by atoms with Gasteiger partial charge in [-0.1, -0.05) is 24.3 Å². The highest BCUT2D eigenvalue weighted by Gasteiger charge is 2.09. The van der Waals surface area contributed by atoms with Gasteiger partial charge in [-0.25, -0.2) is 14.2 Å². The number of ether oxygens (including phenoxy) is 1. The topological polar surface area (TPSA) is 48.5 Å². The Hall–Kier alpha value is -3.41. The van der Waals surface area contributed by atoms with Crippen molar-refractivity contribution in [1.82, 2.24) is 14.0 Å². The number of hydrogen-bond donors (Lipinski definition) is 0. The van der Waals surface area contributed by atoms with Gasteiger partial charge in [-0.15, -0.1) is 0 Å². The molecule has 2 aromatic carbocycles. The minimum atomic E-state index is -0.396. The molecule has 0 atom stereocenters. The lowest BCUT2D eigenvalue weighted by Gasteiger charge is -2.05. The molecular weight excluding hydrogens is 321 g/mol. The van der Waals surface area contributed by atoms with E-state index in [1.165, 1.54) is 21.1 Å². The van der Waals surface area contributed by atoms with Gasteiger partial charge in [-0.2, -0.15) is 0 Å². The number of halogens is 1. The van der Waals surface area contributed by atoms with Crippen molar-refractivity contribution < 1.29 is 9.13 Å². The van der Waals surface area contributed by atoms with Crippen LogP contribution in [0.25, 0.3) is 11.3 Å². The SMILES string of the molecule is O=c1n(-c2cccc(F)c2)ccc2nc(COc3ccccc3)cn12. The van der Waals surface area contributed by atoms with Crippen LogP contribution in [0.2, 0.25) is 0 Å². The maximum atomic E-state index is 13.4. The van der Waals surface area contributed by atoms with Crippen molar-refractivity contribution in [3.05, 3.63) is 95.1 Å². The summed E-state index contributed by atoms with van der Waals surface area (Å²) in [5.74, 6) is 0.337. The van der Waals surface area contributed by atoms with Gasteiger partial charge in [-0.3, -0.25) is 8.97 Å². The average Bonchev–Trinajstić information content (AvgIpc) is 3.05. The minimum Gasteiger partial charge on any atom is -0.487 e. The molecule has 0 saturated carbocycles. The van der Waals surface area contributed by atoms with Crippen molar-refractivity contribution in [2.75, 3.05) is 0 Å². The van der Waals surface area contributed by atoms with Crippen molar-refractivity contribution in [2.45, 2.75) is 6.61 Å². The maximum absolute atomic E-state index is 13.4. The van der Waals surface area contributed by atoms with Crippen molar-refractivity contribution in [1.29, 1.82) is 0 Å². The first kappa shape index (κ1) is 15.1. The molecule has 0 amide bonds. The highest BCUT2D eigenvalue weighted by Crippen LogP contribution is 2.12. The Kier molecular flexibility index (Phi) is 3.78. The maximum Gasteiger partial charge on any atom is 0.338 e. The predicted octanol–water partition coefficient (Wildman–Crippen LogP) is 3.20. The van der Waals surface area contributed by atoms with Crippen LogP contribution in [0.15, 0.2) is 77.9 Å². The average molecular weight is 335 g/mol. The summed E-state index contributed by atoms with van der Waals surface area (Å²) in [7, 11) is 0. The van der Waals surface area contributed by atoms with Crippen LogP contribution >= 0.6 is 0 Å². The predicted molar refractivity (Wildman–Crippen MR) is 91.5 cm³/mol. The lowest BCUT2D eigenvalue weighted by Crippen LogP contribution is -2.24. The molecule has 0 unspecified atom stereocenters. The number of fused-ring (bicyclic) bond motifs is 1. The summed E-state index contributed by atoms with van der Waals surface area (Å²) in [6, 6.07) is 17.0. The molecular formula is C19H14FN3O2. The Bertz CT molecular complexity index is 1090. The molecule has 0 radical (unpaired) electrons. The van der Waals surface area contributed by atoms with Gasteiger partial charge in [0.15, 0.2) is 0 Å². The molecule has 25 heavy (non-hydrogen) atoms. The van der Waals surface area contributed by atoms with Crippen LogP contribution in [0.1, 0.15) is 5.69 Å². The lowest BCUT2D eigenvalue weighted by molar-refractivity contribution is 0.302. The molecule has 2 aromatic heterocycles. The van der Waals surface area contributed by atoms with Crippen LogP contribution in [0.4, 0.5) is 4.39 Å². The Morgan fingerprint density at radius 1 is 1.04 bits per heavy atom. The normalized spacial score (nSPS) is 10.9. The fourth-order valence-electron chi connectivity index (χ4n) is 2.60. The lowest BCUT2D eigenvalue weighted by atomic mass is 10.3. The molecule has 4 aromatic rings. The Morgan fingerprint density at radius 3 is 2.68 bits per heavy atom. The standard InChI is InChI=1S/C19H14FN3O2/c20-14-5-4-6-16(11-14)22-10-9-18-21-15(12-23(18)19(22)24)13-25-17-7-2-1-3-8-17/h1-12H,13H2. The molecule has 0 fully saturated rings. The second-order valence-corrected chi connectivity index (χ2v) is 5.51. The van der Waals surface area contributed by atoms with E-state index in [9.17, 15) is 9.18 Å². The first-order chi connectivity index (χ1) is 12.2. The summed E-state index contributed by atoms with van der Waals surface area (Å²) in [4.78, 5) is 17.0. The van der Waals surface area contributed by atoms with E-state index < -0.39 is 5.82 Å². The molecule has 0 saturated heterocycles. The van der Waals surface area contributed by atoms with Crippen molar-refractivity contribution in [3.8, 4) is 11.4 Å². The number of benzene rings is 2. The highest BCUT2D eigenvalue weighted by atomic mass is 19.1. The smallest absolute Gasteiger partial charge is 0.338 e. The van der Waals surface area contributed by atoms with E-state index in [0.717, 1.165) is 5.75 Å². The van der Waals surface area contributed by atoms with E-state index >= 15 is 0 Å². The first-order valence-electron chi connectivity index (χ1n) is 7.74. The molecule has 0 bridgehead atoms. The first-order valence-corrected chi connectivity index (χ1v) is 7.74. The summed E-state index contributed by atoms with van der Waals surface area (Å²) in [6.45, 7) is 0.255. The van der Waals surface area contributed by atoms with Gasteiger partial charge in [-0.05, 0) is 36.4 Å². The van der Waals surface area contributed by atoms with E-state index in [2.05, 4.69) is 4.98 Å². The Morgan fingerprint density at radius 2 is 1.88 bits per heavy atom. The van der Waals surface area contributed by atoms with Crippen molar-refractivity contribution in [3.63, 3.8) is 0 Å². The zero-order valence-corrected chi connectivity index (χ0v) is 13.2. The van der Waals surface area contributed by atoms with E-state index in [-0.39, 0.29) is 12.3 Å². The van der Waals surface area contributed by atoms with Crippen LogP contribution in [0.5, 0.6) is 5.75 Å². The number of para-hydroxylation sites is 1. The van der Waals surface area contributed by atoms with E-state index in [4.69, 9.17) is 4.74 Å². The molecule has 0 spiro atoms. The number of nitrogens with zero attached hydrogens (tertiary/aromatic N) is 3. The number of aromatic nitrogens is 3. The van der Waals surface area contributed by atoms with Gasteiger partial charge in [0.25, 0.3) is 0 Å². The molecule has 124 valence electrons. The monoisotopic (exact) mass is 335 g/mol. The fraction of sp³-hybridized carbons (Fsp3) is 0.0526. The second kappa shape index (κ2) is 6.24. The zero-order valence-electron chi connectivity index (χ0n) is 13.2. The summed E-state index contributed by atoms with van der Waals surface area (Å²) in [5, 5.41) is 0. The van der Waals surface area contributed by atoms with Crippen LogP contribution in [0.3, 0.4) is 0 Å². The largest absolute Gasteiger partial charge is 0.487 e. The molecule has 0 N–H and O–H groups in total. The van der Waals surface area contributed by atoms with Gasteiger partial charge >= 0.3 is 5.69 Å². The highest BCUT2D eigenvalue weighted by molar-refractivity contribution is 5.41. The molecule has 4 rings (SSSR count). The van der Waals surface area contributed by atoms with Gasteiger partial charge < -0.3 is 4.74 Å². The van der Waals surface area contributed by atoms with E-state index in [1.54, 1.807) is 30.6 Å². The Balaban J connectivity index is 1.67. The number of hydrogen-bond acceptors (Lipinski definition) is 3. The Labute approximate surface area is 142 Å². The molecule has 0 aliphatic rings. The molecule has 6 heteroatoms. The summed E-state index contributed by atoms with van der Waals surface area (Å²) < 4.78 is 21.9. The zero-order chi connectivity index (χ0) is 17.2. The van der Waals surface area contributed by atoms with Gasteiger partial charge in [0.1, 0.15) is 23.8 Å². The van der Waals surface area contributed by atoms with Crippen molar-refractivity contribution >= 4 is 5.65 Å². The third-order valence-electron chi connectivity index (χ3n) is 3.78. The fourth-order valence-corrected chi connectivity index (χ4v) is 2.60.